The monoisotopic (exact) mass is 213 g/mol. The van der Waals surface area contributed by atoms with Gasteiger partial charge in [0.05, 0.1) is 17.4 Å². The molecule has 1 fully saturated rings. The molecule has 0 amide bonds. The molecule has 0 aromatic carbocycles. The number of rotatable bonds is 2. The van der Waals surface area contributed by atoms with Gasteiger partial charge in [0.25, 0.3) is 0 Å². The minimum absolute atomic E-state index is 0.185. The molecule has 1 aromatic rings. The summed E-state index contributed by atoms with van der Waals surface area (Å²) in [6.07, 6.45) is 5.46. The van der Waals surface area contributed by atoms with Crippen LogP contribution in [0.15, 0.2) is 12.4 Å². The highest BCUT2D eigenvalue weighted by atomic mass is 35.5. The first-order valence-corrected chi connectivity index (χ1v) is 5.07. The van der Waals surface area contributed by atoms with Gasteiger partial charge in [0.15, 0.2) is 0 Å². The van der Waals surface area contributed by atoms with E-state index in [4.69, 9.17) is 16.3 Å². The summed E-state index contributed by atoms with van der Waals surface area (Å²) in [6, 6.07) is 0.406. The predicted octanol–water partition coefficient (Wildman–Crippen LogP) is 1.26. The summed E-state index contributed by atoms with van der Waals surface area (Å²) < 4.78 is 5.57. The van der Waals surface area contributed by atoms with Crippen LogP contribution in [0.4, 0.5) is 0 Å². The van der Waals surface area contributed by atoms with Crippen LogP contribution in [0.1, 0.15) is 12.8 Å². The number of aromatic nitrogens is 2. The first kappa shape index (κ1) is 9.68. The molecule has 5 heteroatoms. The van der Waals surface area contributed by atoms with Gasteiger partial charge in [-0.1, -0.05) is 11.6 Å². The molecule has 1 aliphatic rings. The summed E-state index contributed by atoms with van der Waals surface area (Å²) in [6.45, 7) is 1.94. The molecule has 0 saturated carbocycles. The summed E-state index contributed by atoms with van der Waals surface area (Å²) in [7, 11) is 0. The van der Waals surface area contributed by atoms with Crippen LogP contribution in [0.2, 0.25) is 5.02 Å². The Balaban J connectivity index is 1.92. The fourth-order valence-corrected chi connectivity index (χ4v) is 1.53. The Bertz CT molecular complexity index is 285. The predicted molar refractivity (Wildman–Crippen MR) is 53.6 cm³/mol. The Morgan fingerprint density at radius 1 is 1.43 bits per heavy atom. The Kier molecular flexibility index (Phi) is 3.16. The van der Waals surface area contributed by atoms with Crippen molar-refractivity contribution in [2.75, 3.05) is 13.1 Å². The summed E-state index contributed by atoms with van der Waals surface area (Å²) in [5.41, 5.74) is 0. The largest absolute Gasteiger partial charge is 0.459 e. The molecule has 0 unspecified atom stereocenters. The third-order valence-corrected chi connectivity index (χ3v) is 2.32. The average molecular weight is 214 g/mol. The Morgan fingerprint density at radius 3 is 2.86 bits per heavy atom. The Morgan fingerprint density at radius 2 is 2.21 bits per heavy atom. The van der Waals surface area contributed by atoms with Crippen molar-refractivity contribution < 1.29 is 4.74 Å². The molecule has 14 heavy (non-hydrogen) atoms. The van der Waals surface area contributed by atoms with E-state index in [1.165, 1.54) is 0 Å². The van der Waals surface area contributed by atoms with Crippen molar-refractivity contribution in [3.05, 3.63) is 17.4 Å². The van der Waals surface area contributed by atoms with E-state index in [1.807, 2.05) is 0 Å². The van der Waals surface area contributed by atoms with Gasteiger partial charge >= 0.3 is 6.01 Å². The van der Waals surface area contributed by atoms with Crippen LogP contribution in [0.3, 0.4) is 0 Å². The number of hydrogen-bond acceptors (Lipinski definition) is 4. The number of hydrogen-bond donors (Lipinski definition) is 1. The molecule has 0 spiro atoms. The van der Waals surface area contributed by atoms with Gasteiger partial charge in [-0.25, -0.2) is 9.97 Å². The maximum Gasteiger partial charge on any atom is 0.316 e. The maximum absolute atomic E-state index is 5.66. The second-order valence-electron chi connectivity index (χ2n) is 3.27. The Labute approximate surface area is 87.7 Å². The molecule has 1 aliphatic heterocycles. The first-order valence-electron chi connectivity index (χ1n) is 4.69. The number of nitrogens with one attached hydrogen (secondary N) is 1. The lowest BCUT2D eigenvalue weighted by Crippen LogP contribution is -2.37. The van der Waals surface area contributed by atoms with Crippen molar-refractivity contribution in [2.24, 2.45) is 0 Å². The number of nitrogens with zero attached hydrogens (tertiary/aromatic N) is 2. The molecule has 1 saturated heterocycles. The minimum atomic E-state index is 0.185. The highest BCUT2D eigenvalue weighted by Crippen LogP contribution is 2.12. The van der Waals surface area contributed by atoms with E-state index in [9.17, 15) is 0 Å². The molecular weight excluding hydrogens is 202 g/mol. The highest BCUT2D eigenvalue weighted by molar-refractivity contribution is 6.30. The molecule has 1 aromatic heterocycles. The van der Waals surface area contributed by atoms with E-state index < -0.39 is 0 Å². The van der Waals surface area contributed by atoms with E-state index in [0.717, 1.165) is 25.9 Å². The van der Waals surface area contributed by atoms with Crippen LogP contribution in [0.5, 0.6) is 6.01 Å². The standard InChI is InChI=1S/C9H12ClN3O/c10-7-4-12-9(13-5-7)14-8-2-1-3-11-6-8/h4-5,8,11H,1-3,6H2/t8-/m1/s1. The van der Waals surface area contributed by atoms with E-state index in [0.29, 0.717) is 11.0 Å². The van der Waals surface area contributed by atoms with Gasteiger partial charge in [0.1, 0.15) is 6.10 Å². The van der Waals surface area contributed by atoms with E-state index in [2.05, 4.69) is 15.3 Å². The van der Waals surface area contributed by atoms with Crippen LogP contribution in [0, 0.1) is 0 Å². The SMILES string of the molecule is Clc1cnc(O[C@@H]2CCCNC2)nc1. The maximum atomic E-state index is 5.66. The minimum Gasteiger partial charge on any atom is -0.459 e. The second-order valence-corrected chi connectivity index (χ2v) is 3.71. The van der Waals surface area contributed by atoms with Crippen molar-refractivity contribution in [3.63, 3.8) is 0 Å². The summed E-state index contributed by atoms with van der Waals surface area (Å²) in [5.74, 6) is 0. The third kappa shape index (κ3) is 2.56. The van der Waals surface area contributed by atoms with Gasteiger partial charge in [-0.05, 0) is 19.4 Å². The summed E-state index contributed by atoms with van der Waals surface area (Å²) >= 11 is 5.66. The van der Waals surface area contributed by atoms with E-state index in [-0.39, 0.29) is 6.10 Å². The zero-order chi connectivity index (χ0) is 9.80. The summed E-state index contributed by atoms with van der Waals surface area (Å²) in [5, 5.41) is 3.79. The van der Waals surface area contributed by atoms with Gasteiger partial charge in [0.2, 0.25) is 0 Å². The zero-order valence-corrected chi connectivity index (χ0v) is 8.50. The third-order valence-electron chi connectivity index (χ3n) is 2.12. The molecule has 1 N–H and O–H groups in total. The van der Waals surface area contributed by atoms with Crippen LogP contribution in [0.25, 0.3) is 0 Å². The van der Waals surface area contributed by atoms with E-state index >= 15 is 0 Å². The zero-order valence-electron chi connectivity index (χ0n) is 7.74. The van der Waals surface area contributed by atoms with Crippen molar-refractivity contribution in [1.29, 1.82) is 0 Å². The van der Waals surface area contributed by atoms with Gasteiger partial charge < -0.3 is 10.1 Å². The average Bonchev–Trinajstić information content (AvgIpc) is 2.23. The smallest absolute Gasteiger partial charge is 0.316 e. The van der Waals surface area contributed by atoms with E-state index in [1.54, 1.807) is 12.4 Å². The molecule has 0 aliphatic carbocycles. The van der Waals surface area contributed by atoms with Crippen LogP contribution >= 0.6 is 11.6 Å². The second kappa shape index (κ2) is 4.57. The molecule has 2 heterocycles. The van der Waals surface area contributed by atoms with Gasteiger partial charge in [0, 0.05) is 6.54 Å². The van der Waals surface area contributed by atoms with Crippen molar-refractivity contribution in [3.8, 4) is 6.01 Å². The molecular formula is C9H12ClN3O. The topological polar surface area (TPSA) is 47.0 Å². The van der Waals surface area contributed by atoms with Crippen LogP contribution < -0.4 is 10.1 Å². The number of halogens is 1. The molecule has 0 bridgehead atoms. The highest BCUT2D eigenvalue weighted by Gasteiger charge is 2.15. The van der Waals surface area contributed by atoms with Gasteiger partial charge in [-0.2, -0.15) is 0 Å². The molecule has 1 atom stereocenters. The van der Waals surface area contributed by atoms with Crippen LogP contribution in [-0.4, -0.2) is 29.2 Å². The van der Waals surface area contributed by atoms with Crippen molar-refractivity contribution in [1.82, 2.24) is 15.3 Å². The molecule has 0 radical (unpaired) electrons. The number of piperidine rings is 1. The molecule has 2 rings (SSSR count). The van der Waals surface area contributed by atoms with Crippen molar-refractivity contribution in [2.45, 2.75) is 18.9 Å². The normalized spacial score (nSPS) is 21.9. The fourth-order valence-electron chi connectivity index (χ4n) is 1.43. The fraction of sp³-hybridized carbons (Fsp3) is 0.556. The van der Waals surface area contributed by atoms with Gasteiger partial charge in [-0.15, -0.1) is 0 Å². The quantitative estimate of drug-likeness (QED) is 0.804. The molecule has 76 valence electrons. The lowest BCUT2D eigenvalue weighted by molar-refractivity contribution is 0.153. The number of ether oxygens (including phenoxy) is 1. The molecule has 4 nitrogen and oxygen atoms in total. The Hall–Kier alpha value is -0.870. The van der Waals surface area contributed by atoms with Gasteiger partial charge in [-0.3, -0.25) is 0 Å². The van der Waals surface area contributed by atoms with Crippen LogP contribution in [-0.2, 0) is 0 Å². The van der Waals surface area contributed by atoms with Crippen molar-refractivity contribution >= 4 is 11.6 Å². The lowest BCUT2D eigenvalue weighted by Gasteiger charge is -2.22. The lowest BCUT2D eigenvalue weighted by atomic mass is 10.1. The first-order chi connectivity index (χ1) is 6.84. The summed E-state index contributed by atoms with van der Waals surface area (Å²) in [4.78, 5) is 7.96.